The summed E-state index contributed by atoms with van der Waals surface area (Å²) in [4.78, 5) is 22.1. The summed E-state index contributed by atoms with van der Waals surface area (Å²) in [5.41, 5.74) is 1.11. The molecule has 1 aromatic carbocycles. The number of ether oxygens (including phenoxy) is 1. The molecule has 0 aromatic heterocycles. The number of carboxylic acid groups (broad SMARTS) is 1. The Kier molecular flexibility index (Phi) is 5.04. The molecule has 0 radical (unpaired) electrons. The van der Waals surface area contributed by atoms with Gasteiger partial charge in [0.05, 0.1) is 17.3 Å². The number of hydrogen-bond donors (Lipinski definition) is 2. The Balaban J connectivity index is 0.00000162. The van der Waals surface area contributed by atoms with Crippen LogP contribution in [0.3, 0.4) is 0 Å². The van der Waals surface area contributed by atoms with E-state index in [1.54, 1.807) is 0 Å². The molecule has 0 saturated heterocycles. The first-order valence-corrected chi connectivity index (χ1v) is 5.37. The van der Waals surface area contributed by atoms with Crippen molar-refractivity contribution >= 4 is 58.7 Å². The molecule has 1 amide bonds. The van der Waals surface area contributed by atoms with E-state index in [0.29, 0.717) is 30.0 Å². The second-order valence-corrected chi connectivity index (χ2v) is 4.08. The zero-order valence-corrected chi connectivity index (χ0v) is 9.80. The summed E-state index contributed by atoms with van der Waals surface area (Å²) >= 11 is 5.97. The van der Waals surface area contributed by atoms with Crippen molar-refractivity contribution in [3.05, 3.63) is 22.2 Å². The normalized spacial score (nSPS) is 12.1. The molecule has 18 heavy (non-hydrogen) atoms. The fourth-order valence-corrected chi connectivity index (χ4v) is 2.08. The SMILES string of the molecule is CC(=O)Nc1c(Cl)cc(C(=O)O)c2c1CCO2.[NaH]. The van der Waals surface area contributed by atoms with Gasteiger partial charge in [0.2, 0.25) is 5.91 Å². The Morgan fingerprint density at radius 2 is 2.17 bits per heavy atom. The van der Waals surface area contributed by atoms with Crippen molar-refractivity contribution in [2.45, 2.75) is 13.3 Å². The molecule has 92 valence electrons. The average Bonchev–Trinajstić information content (AvgIpc) is 2.69. The van der Waals surface area contributed by atoms with Gasteiger partial charge in [-0.25, -0.2) is 4.79 Å². The molecule has 1 aliphatic rings. The van der Waals surface area contributed by atoms with Gasteiger partial charge in [0.1, 0.15) is 11.3 Å². The molecule has 5 nitrogen and oxygen atoms in total. The molecule has 0 aliphatic carbocycles. The zero-order chi connectivity index (χ0) is 12.6. The fraction of sp³-hybridized carbons (Fsp3) is 0.273. The number of fused-ring (bicyclic) bond motifs is 1. The number of amides is 1. The number of rotatable bonds is 2. The van der Waals surface area contributed by atoms with Crippen LogP contribution in [0.25, 0.3) is 0 Å². The van der Waals surface area contributed by atoms with E-state index in [4.69, 9.17) is 21.4 Å². The summed E-state index contributed by atoms with van der Waals surface area (Å²) in [6.07, 6.45) is 0.534. The van der Waals surface area contributed by atoms with Crippen LogP contribution in [0.1, 0.15) is 22.8 Å². The van der Waals surface area contributed by atoms with Crippen LogP contribution in [0.15, 0.2) is 6.07 Å². The summed E-state index contributed by atoms with van der Waals surface area (Å²) in [5, 5.41) is 11.8. The standard InChI is InChI=1S/C11H10ClNO4.Na.H/c1-5(14)13-9-6-2-3-17-10(6)7(11(15)16)4-8(9)12;;/h4H,2-3H2,1H3,(H,13,14)(H,15,16);;. The first kappa shape index (κ1) is 15.3. The molecule has 0 spiro atoms. The fourth-order valence-electron chi connectivity index (χ4n) is 1.81. The molecule has 1 aromatic rings. The monoisotopic (exact) mass is 279 g/mol. The van der Waals surface area contributed by atoms with Crippen LogP contribution in [0.4, 0.5) is 5.69 Å². The van der Waals surface area contributed by atoms with Crippen LogP contribution in [0.2, 0.25) is 5.02 Å². The van der Waals surface area contributed by atoms with Gasteiger partial charge in [-0.1, -0.05) is 11.6 Å². The molecule has 1 aliphatic heterocycles. The molecule has 0 bridgehead atoms. The summed E-state index contributed by atoms with van der Waals surface area (Å²) in [5.74, 6) is -1.06. The zero-order valence-electron chi connectivity index (χ0n) is 9.04. The summed E-state index contributed by atoms with van der Waals surface area (Å²) in [6, 6.07) is 1.29. The third kappa shape index (κ3) is 2.80. The summed E-state index contributed by atoms with van der Waals surface area (Å²) < 4.78 is 5.28. The van der Waals surface area contributed by atoms with Crippen molar-refractivity contribution in [3.63, 3.8) is 0 Å². The topological polar surface area (TPSA) is 75.6 Å². The molecule has 0 atom stereocenters. The second-order valence-electron chi connectivity index (χ2n) is 3.67. The Hall–Kier alpha value is -0.750. The number of benzene rings is 1. The predicted octanol–water partition coefficient (Wildman–Crippen LogP) is 1.28. The van der Waals surface area contributed by atoms with Crippen molar-refractivity contribution < 1.29 is 19.4 Å². The Morgan fingerprint density at radius 1 is 1.50 bits per heavy atom. The number of halogens is 1. The van der Waals surface area contributed by atoms with E-state index in [1.807, 2.05) is 0 Å². The van der Waals surface area contributed by atoms with E-state index in [9.17, 15) is 9.59 Å². The predicted molar refractivity (Wildman–Crippen MR) is 69.1 cm³/mol. The molecular weight excluding hydrogens is 269 g/mol. The van der Waals surface area contributed by atoms with E-state index in [-0.39, 0.29) is 46.1 Å². The van der Waals surface area contributed by atoms with Gasteiger partial charge < -0.3 is 15.2 Å². The van der Waals surface area contributed by atoms with Gasteiger partial charge in [0.25, 0.3) is 0 Å². The van der Waals surface area contributed by atoms with Crippen molar-refractivity contribution in [3.8, 4) is 5.75 Å². The van der Waals surface area contributed by atoms with Crippen LogP contribution < -0.4 is 10.1 Å². The van der Waals surface area contributed by atoms with Crippen molar-refractivity contribution in [1.29, 1.82) is 0 Å². The average molecular weight is 280 g/mol. The van der Waals surface area contributed by atoms with Gasteiger partial charge in [-0.3, -0.25) is 4.79 Å². The Morgan fingerprint density at radius 3 is 2.72 bits per heavy atom. The molecule has 1 heterocycles. The van der Waals surface area contributed by atoms with E-state index < -0.39 is 5.97 Å². The minimum absolute atomic E-state index is 0. The van der Waals surface area contributed by atoms with Gasteiger partial charge in [0.15, 0.2) is 0 Å². The van der Waals surface area contributed by atoms with Crippen molar-refractivity contribution in [1.82, 2.24) is 0 Å². The second kappa shape index (κ2) is 5.93. The van der Waals surface area contributed by atoms with Gasteiger partial charge in [-0.15, -0.1) is 0 Å². The molecule has 0 unspecified atom stereocenters. The molecule has 0 fully saturated rings. The van der Waals surface area contributed by atoms with Crippen LogP contribution in [0, 0.1) is 0 Å². The number of aromatic carboxylic acids is 1. The number of carboxylic acids is 1. The van der Waals surface area contributed by atoms with Crippen molar-refractivity contribution in [2.75, 3.05) is 11.9 Å². The van der Waals surface area contributed by atoms with E-state index >= 15 is 0 Å². The summed E-state index contributed by atoms with van der Waals surface area (Å²) in [7, 11) is 0. The molecule has 2 N–H and O–H groups in total. The molecule has 0 saturated carbocycles. The Labute approximate surface area is 131 Å². The van der Waals surface area contributed by atoms with E-state index in [1.165, 1.54) is 13.0 Å². The minimum atomic E-state index is -1.10. The van der Waals surface area contributed by atoms with Crippen LogP contribution in [0.5, 0.6) is 5.75 Å². The number of carbonyl (C=O) groups is 2. The number of hydrogen-bond acceptors (Lipinski definition) is 3. The molecular formula is C11H11ClNNaO4. The van der Waals surface area contributed by atoms with Crippen LogP contribution in [-0.2, 0) is 11.2 Å². The third-order valence-corrected chi connectivity index (χ3v) is 2.76. The maximum atomic E-state index is 11.1. The Bertz CT molecular complexity index is 518. The van der Waals surface area contributed by atoms with Crippen LogP contribution in [-0.4, -0.2) is 53.1 Å². The quantitative estimate of drug-likeness (QED) is 0.800. The third-order valence-electron chi connectivity index (χ3n) is 2.46. The molecule has 7 heteroatoms. The number of carbonyl (C=O) groups excluding carboxylic acids is 1. The van der Waals surface area contributed by atoms with Crippen LogP contribution >= 0.6 is 11.6 Å². The van der Waals surface area contributed by atoms with Gasteiger partial charge in [0, 0.05) is 18.9 Å². The first-order valence-electron chi connectivity index (χ1n) is 4.99. The first-order chi connectivity index (χ1) is 8.00. The summed E-state index contributed by atoms with van der Waals surface area (Å²) in [6.45, 7) is 1.76. The number of nitrogens with one attached hydrogen (secondary N) is 1. The van der Waals surface area contributed by atoms with E-state index in [2.05, 4.69) is 5.32 Å². The van der Waals surface area contributed by atoms with E-state index in [0.717, 1.165) is 0 Å². The van der Waals surface area contributed by atoms with Gasteiger partial charge in [-0.05, 0) is 6.07 Å². The molecule has 2 rings (SSSR count). The van der Waals surface area contributed by atoms with Gasteiger partial charge in [-0.2, -0.15) is 0 Å². The van der Waals surface area contributed by atoms with Crippen molar-refractivity contribution in [2.24, 2.45) is 0 Å². The van der Waals surface area contributed by atoms with Gasteiger partial charge >= 0.3 is 35.5 Å². The number of anilines is 1. The maximum absolute atomic E-state index is 11.1.